The highest BCUT2D eigenvalue weighted by molar-refractivity contribution is 5.88. The van der Waals surface area contributed by atoms with Crippen LogP contribution in [0.15, 0.2) is 24.3 Å². The topological polar surface area (TPSA) is 48.1 Å². The number of fused-ring (bicyclic) bond motifs is 3. The van der Waals surface area contributed by atoms with E-state index in [0.717, 1.165) is 41.7 Å². The van der Waals surface area contributed by atoms with Gasteiger partial charge in [0.25, 0.3) is 0 Å². The molecule has 2 N–H and O–H groups in total. The third-order valence-corrected chi connectivity index (χ3v) is 2.79. The Labute approximate surface area is 87.9 Å². The summed E-state index contributed by atoms with van der Waals surface area (Å²) in [6.07, 6.45) is 2.00. The van der Waals surface area contributed by atoms with Gasteiger partial charge in [-0.15, -0.1) is 0 Å². The molecule has 0 saturated heterocycles. The first kappa shape index (κ1) is 8.53. The van der Waals surface area contributed by atoms with E-state index in [1.54, 1.807) is 0 Å². The fraction of sp³-hybridized carbons (Fsp3) is 0.250. The molecule has 2 heterocycles. The van der Waals surface area contributed by atoms with Crippen molar-refractivity contribution in [1.29, 1.82) is 0 Å². The summed E-state index contributed by atoms with van der Waals surface area (Å²) >= 11 is 0. The molecular formula is C12H12N2O. The van der Waals surface area contributed by atoms with Gasteiger partial charge in [-0.1, -0.05) is 12.1 Å². The van der Waals surface area contributed by atoms with Crippen LogP contribution in [-0.4, -0.2) is 11.6 Å². The molecule has 15 heavy (non-hydrogen) atoms. The normalized spacial score (nSPS) is 14.7. The number of nitrogens with zero attached hydrogens (tertiary/aromatic N) is 1. The minimum atomic E-state index is 0.614. The Balaban J connectivity index is 2.39. The second-order valence-electron chi connectivity index (χ2n) is 3.77. The summed E-state index contributed by atoms with van der Waals surface area (Å²) < 4.78 is 5.70. The Hall–Kier alpha value is -1.77. The molecule has 0 aliphatic carbocycles. The first-order valence-electron chi connectivity index (χ1n) is 5.16. The molecule has 1 aliphatic heterocycles. The number of anilines is 1. The molecule has 3 heteroatoms. The monoisotopic (exact) mass is 200 g/mol. The summed E-state index contributed by atoms with van der Waals surface area (Å²) in [7, 11) is 0. The number of nitrogens with two attached hydrogens (primary N) is 1. The van der Waals surface area contributed by atoms with Crippen LogP contribution in [0.1, 0.15) is 12.0 Å². The first-order valence-corrected chi connectivity index (χ1v) is 5.16. The molecule has 3 nitrogen and oxygen atoms in total. The van der Waals surface area contributed by atoms with Gasteiger partial charge in [-0.2, -0.15) is 0 Å². The molecule has 1 aromatic heterocycles. The van der Waals surface area contributed by atoms with E-state index in [4.69, 9.17) is 10.5 Å². The van der Waals surface area contributed by atoms with Crippen molar-refractivity contribution >= 4 is 16.7 Å². The quantitative estimate of drug-likeness (QED) is 0.708. The van der Waals surface area contributed by atoms with Gasteiger partial charge in [0, 0.05) is 10.9 Å². The lowest BCUT2D eigenvalue weighted by atomic mass is 10.0. The van der Waals surface area contributed by atoms with E-state index in [2.05, 4.69) is 4.98 Å². The van der Waals surface area contributed by atoms with Crippen molar-refractivity contribution < 1.29 is 4.74 Å². The minimum Gasteiger partial charge on any atom is -0.492 e. The van der Waals surface area contributed by atoms with E-state index < -0.39 is 0 Å². The zero-order chi connectivity index (χ0) is 10.3. The van der Waals surface area contributed by atoms with E-state index in [-0.39, 0.29) is 0 Å². The maximum atomic E-state index is 5.92. The van der Waals surface area contributed by atoms with Crippen LogP contribution in [-0.2, 0) is 6.42 Å². The van der Waals surface area contributed by atoms with E-state index in [1.165, 1.54) is 0 Å². The average Bonchev–Trinajstić information content (AvgIpc) is 2.30. The fourth-order valence-electron chi connectivity index (χ4n) is 2.07. The highest BCUT2D eigenvalue weighted by Crippen LogP contribution is 2.35. The van der Waals surface area contributed by atoms with E-state index in [0.29, 0.717) is 5.82 Å². The maximum Gasteiger partial charge on any atom is 0.135 e. The second-order valence-corrected chi connectivity index (χ2v) is 3.77. The Morgan fingerprint density at radius 1 is 1.27 bits per heavy atom. The van der Waals surface area contributed by atoms with Gasteiger partial charge >= 0.3 is 0 Å². The van der Waals surface area contributed by atoms with E-state index >= 15 is 0 Å². The summed E-state index contributed by atoms with van der Waals surface area (Å²) in [4.78, 5) is 4.39. The lowest BCUT2D eigenvalue weighted by molar-refractivity contribution is 0.292. The Kier molecular flexibility index (Phi) is 1.78. The zero-order valence-corrected chi connectivity index (χ0v) is 8.36. The van der Waals surface area contributed by atoms with Crippen LogP contribution < -0.4 is 10.5 Å². The lowest BCUT2D eigenvalue weighted by Gasteiger charge is -2.20. The number of aromatic nitrogens is 1. The Morgan fingerprint density at radius 2 is 2.13 bits per heavy atom. The van der Waals surface area contributed by atoms with Crippen LogP contribution in [0.5, 0.6) is 5.75 Å². The van der Waals surface area contributed by atoms with Gasteiger partial charge in [0.05, 0.1) is 12.1 Å². The average molecular weight is 200 g/mol. The van der Waals surface area contributed by atoms with Crippen molar-refractivity contribution in [2.45, 2.75) is 12.8 Å². The van der Waals surface area contributed by atoms with Crippen molar-refractivity contribution in [3.05, 3.63) is 29.8 Å². The van der Waals surface area contributed by atoms with E-state index in [1.807, 2.05) is 24.3 Å². The molecule has 0 fully saturated rings. The standard InChI is InChI=1S/C12H12N2O/c13-12-9-5-3-7-15-11(9)8-4-1-2-6-10(8)14-12/h1-2,4,6H,3,5,7H2,(H2,13,14). The van der Waals surface area contributed by atoms with Crippen molar-refractivity contribution in [3.8, 4) is 5.75 Å². The van der Waals surface area contributed by atoms with Crippen LogP contribution in [0.2, 0.25) is 0 Å². The third-order valence-electron chi connectivity index (χ3n) is 2.79. The second kappa shape index (κ2) is 3.12. The highest BCUT2D eigenvalue weighted by atomic mass is 16.5. The summed E-state index contributed by atoms with van der Waals surface area (Å²) in [6, 6.07) is 7.96. The van der Waals surface area contributed by atoms with Crippen LogP contribution in [0.25, 0.3) is 10.9 Å². The van der Waals surface area contributed by atoms with Gasteiger partial charge in [-0.3, -0.25) is 0 Å². The van der Waals surface area contributed by atoms with Gasteiger partial charge in [0.1, 0.15) is 11.6 Å². The van der Waals surface area contributed by atoms with Crippen molar-refractivity contribution in [2.75, 3.05) is 12.3 Å². The Bertz CT molecular complexity index is 522. The molecule has 3 rings (SSSR count). The summed E-state index contributed by atoms with van der Waals surface area (Å²) in [6.45, 7) is 0.778. The first-order chi connectivity index (χ1) is 7.36. The molecule has 2 aromatic rings. The van der Waals surface area contributed by atoms with Crippen molar-refractivity contribution in [3.63, 3.8) is 0 Å². The van der Waals surface area contributed by atoms with Gasteiger partial charge in [0.2, 0.25) is 0 Å². The number of hydrogen-bond donors (Lipinski definition) is 1. The molecule has 0 unspecified atom stereocenters. The molecule has 0 atom stereocenters. The number of hydrogen-bond acceptors (Lipinski definition) is 3. The molecule has 0 radical (unpaired) electrons. The van der Waals surface area contributed by atoms with E-state index in [9.17, 15) is 0 Å². The summed E-state index contributed by atoms with van der Waals surface area (Å²) in [5.41, 5.74) is 7.90. The van der Waals surface area contributed by atoms with Gasteiger partial charge < -0.3 is 10.5 Å². The third kappa shape index (κ3) is 1.23. The molecular weight excluding hydrogens is 188 g/mol. The number of ether oxygens (including phenoxy) is 1. The summed E-state index contributed by atoms with van der Waals surface area (Å²) in [5, 5.41) is 1.07. The van der Waals surface area contributed by atoms with Gasteiger partial charge in [-0.05, 0) is 25.0 Å². The molecule has 0 saturated carbocycles. The van der Waals surface area contributed by atoms with Crippen molar-refractivity contribution in [2.24, 2.45) is 0 Å². The SMILES string of the molecule is Nc1nc2ccccc2c2c1CCCO2. The lowest BCUT2D eigenvalue weighted by Crippen LogP contribution is -2.12. The van der Waals surface area contributed by atoms with Crippen LogP contribution in [0.3, 0.4) is 0 Å². The predicted molar refractivity (Wildman–Crippen MR) is 60.0 cm³/mol. The maximum absolute atomic E-state index is 5.92. The van der Waals surface area contributed by atoms with Gasteiger partial charge in [-0.25, -0.2) is 4.98 Å². The zero-order valence-electron chi connectivity index (χ0n) is 8.36. The molecule has 76 valence electrons. The molecule has 0 bridgehead atoms. The molecule has 0 spiro atoms. The van der Waals surface area contributed by atoms with Crippen LogP contribution in [0.4, 0.5) is 5.82 Å². The Morgan fingerprint density at radius 3 is 3.07 bits per heavy atom. The smallest absolute Gasteiger partial charge is 0.135 e. The molecule has 1 aromatic carbocycles. The molecule has 1 aliphatic rings. The number of pyridine rings is 1. The largest absolute Gasteiger partial charge is 0.492 e. The van der Waals surface area contributed by atoms with Crippen molar-refractivity contribution in [1.82, 2.24) is 4.98 Å². The fourth-order valence-corrected chi connectivity index (χ4v) is 2.07. The number of rotatable bonds is 0. The number of benzene rings is 1. The number of para-hydroxylation sites is 1. The minimum absolute atomic E-state index is 0.614. The number of nitrogen functional groups attached to an aromatic ring is 1. The van der Waals surface area contributed by atoms with Gasteiger partial charge in [0.15, 0.2) is 0 Å². The predicted octanol–water partition coefficient (Wildman–Crippen LogP) is 2.14. The highest BCUT2D eigenvalue weighted by Gasteiger charge is 2.17. The van der Waals surface area contributed by atoms with Crippen LogP contribution in [0, 0.1) is 0 Å². The summed E-state index contributed by atoms with van der Waals surface area (Å²) in [5.74, 6) is 1.55. The van der Waals surface area contributed by atoms with Crippen LogP contribution >= 0.6 is 0 Å². The molecule has 0 amide bonds.